The fourth-order valence-electron chi connectivity index (χ4n) is 2.23. The number of fused-ring (bicyclic) bond motifs is 1. The molecular weight excluding hydrogens is 252 g/mol. The third kappa shape index (κ3) is 2.41. The van der Waals surface area contributed by atoms with Gasteiger partial charge in [-0.15, -0.1) is 0 Å². The minimum Gasteiger partial charge on any atom is -0.487 e. The van der Waals surface area contributed by atoms with Gasteiger partial charge in [-0.2, -0.15) is 0 Å². The van der Waals surface area contributed by atoms with E-state index < -0.39 is 0 Å². The van der Waals surface area contributed by atoms with Gasteiger partial charge in [0, 0.05) is 28.7 Å². The molecule has 4 heteroatoms. The number of ether oxygens (including phenoxy) is 1. The molecule has 0 fully saturated rings. The lowest BCUT2D eigenvalue weighted by Gasteiger charge is -2.07. The molecule has 3 aromatic rings. The predicted octanol–water partition coefficient (Wildman–Crippen LogP) is 4.17. The number of rotatable bonds is 4. The molecule has 0 aliphatic rings. The Kier molecular flexibility index (Phi) is 3.22. The van der Waals surface area contributed by atoms with Crippen LogP contribution in [0.25, 0.3) is 10.9 Å². The van der Waals surface area contributed by atoms with Gasteiger partial charge in [0.2, 0.25) is 0 Å². The molecule has 0 aliphatic heterocycles. The van der Waals surface area contributed by atoms with Gasteiger partial charge in [0.1, 0.15) is 24.3 Å². The SMILES string of the molecule is Cc1cc2cc(C(C)C)[nH]c2cc1OCc1ccon1. The summed E-state index contributed by atoms with van der Waals surface area (Å²) >= 11 is 0. The molecule has 2 heterocycles. The van der Waals surface area contributed by atoms with Gasteiger partial charge < -0.3 is 14.2 Å². The molecule has 0 bridgehead atoms. The van der Waals surface area contributed by atoms with E-state index in [4.69, 9.17) is 9.26 Å². The third-order valence-corrected chi connectivity index (χ3v) is 3.43. The molecule has 20 heavy (non-hydrogen) atoms. The van der Waals surface area contributed by atoms with Crippen molar-refractivity contribution in [3.05, 3.63) is 47.5 Å². The van der Waals surface area contributed by atoms with Crippen LogP contribution < -0.4 is 4.74 Å². The Morgan fingerprint density at radius 3 is 2.85 bits per heavy atom. The van der Waals surface area contributed by atoms with Crippen molar-refractivity contribution in [3.8, 4) is 5.75 Å². The van der Waals surface area contributed by atoms with E-state index in [0.29, 0.717) is 12.5 Å². The first-order valence-electron chi connectivity index (χ1n) is 6.79. The fraction of sp³-hybridized carbons (Fsp3) is 0.312. The standard InChI is InChI=1S/C16H18N2O2/c1-10(2)14-7-12-6-11(3)16(8-15(12)17-14)19-9-13-4-5-20-18-13/h4-8,10,17H,9H2,1-3H3. The van der Waals surface area contributed by atoms with Crippen molar-refractivity contribution in [1.29, 1.82) is 0 Å². The van der Waals surface area contributed by atoms with Crippen molar-refractivity contribution in [2.45, 2.75) is 33.3 Å². The molecule has 0 saturated heterocycles. The van der Waals surface area contributed by atoms with Crippen LogP contribution in [-0.2, 0) is 6.61 Å². The molecule has 0 saturated carbocycles. The molecule has 0 aliphatic carbocycles. The number of nitrogens with one attached hydrogen (secondary N) is 1. The van der Waals surface area contributed by atoms with Crippen molar-refractivity contribution >= 4 is 10.9 Å². The summed E-state index contributed by atoms with van der Waals surface area (Å²) < 4.78 is 10.6. The van der Waals surface area contributed by atoms with Crippen LogP contribution >= 0.6 is 0 Å². The minimum atomic E-state index is 0.417. The predicted molar refractivity (Wildman–Crippen MR) is 78.0 cm³/mol. The van der Waals surface area contributed by atoms with Gasteiger partial charge in [-0.3, -0.25) is 0 Å². The monoisotopic (exact) mass is 270 g/mol. The highest BCUT2D eigenvalue weighted by Gasteiger charge is 2.09. The first-order valence-corrected chi connectivity index (χ1v) is 6.79. The molecule has 3 rings (SSSR count). The first kappa shape index (κ1) is 12.8. The second kappa shape index (κ2) is 5.04. The lowest BCUT2D eigenvalue weighted by molar-refractivity contribution is 0.288. The largest absolute Gasteiger partial charge is 0.487 e. The van der Waals surface area contributed by atoms with E-state index in [1.54, 1.807) is 12.3 Å². The number of hydrogen-bond donors (Lipinski definition) is 1. The summed E-state index contributed by atoms with van der Waals surface area (Å²) in [5.41, 5.74) is 4.26. The highest BCUT2D eigenvalue weighted by Crippen LogP contribution is 2.28. The van der Waals surface area contributed by atoms with E-state index in [1.165, 1.54) is 11.1 Å². The maximum Gasteiger partial charge on any atom is 0.134 e. The quantitative estimate of drug-likeness (QED) is 0.774. The maximum absolute atomic E-state index is 5.82. The molecule has 104 valence electrons. The molecule has 1 aromatic carbocycles. The summed E-state index contributed by atoms with van der Waals surface area (Å²) in [5.74, 6) is 1.36. The molecule has 0 unspecified atom stereocenters. The zero-order chi connectivity index (χ0) is 14.1. The van der Waals surface area contributed by atoms with Gasteiger partial charge in [0.15, 0.2) is 0 Å². The number of benzene rings is 1. The molecule has 4 nitrogen and oxygen atoms in total. The van der Waals surface area contributed by atoms with E-state index in [1.807, 2.05) is 0 Å². The molecule has 0 amide bonds. The molecule has 0 spiro atoms. The van der Waals surface area contributed by atoms with Crippen LogP contribution in [0.4, 0.5) is 0 Å². The Labute approximate surface area is 117 Å². The van der Waals surface area contributed by atoms with Gasteiger partial charge in [-0.05, 0) is 30.5 Å². The van der Waals surface area contributed by atoms with E-state index in [-0.39, 0.29) is 0 Å². The number of H-pyrrole nitrogens is 1. The summed E-state index contributed by atoms with van der Waals surface area (Å²) in [6, 6.07) is 8.21. The van der Waals surface area contributed by atoms with Gasteiger partial charge in [-0.1, -0.05) is 19.0 Å². The van der Waals surface area contributed by atoms with Crippen LogP contribution in [0.1, 0.15) is 36.7 Å². The summed E-state index contributed by atoms with van der Waals surface area (Å²) in [7, 11) is 0. The average molecular weight is 270 g/mol. The Morgan fingerprint density at radius 1 is 1.30 bits per heavy atom. The van der Waals surface area contributed by atoms with Crippen molar-refractivity contribution in [1.82, 2.24) is 10.1 Å². The van der Waals surface area contributed by atoms with E-state index >= 15 is 0 Å². The zero-order valence-electron chi connectivity index (χ0n) is 11.9. The lowest BCUT2D eigenvalue weighted by atomic mass is 10.1. The number of aryl methyl sites for hydroxylation is 1. The summed E-state index contributed by atoms with van der Waals surface area (Å²) in [6.07, 6.45) is 1.55. The number of aromatic nitrogens is 2. The molecule has 1 N–H and O–H groups in total. The van der Waals surface area contributed by atoms with Gasteiger partial charge in [0.25, 0.3) is 0 Å². The second-order valence-corrected chi connectivity index (χ2v) is 5.36. The molecule has 0 atom stereocenters. The Bertz CT molecular complexity index is 711. The van der Waals surface area contributed by atoms with E-state index in [9.17, 15) is 0 Å². The van der Waals surface area contributed by atoms with Gasteiger partial charge in [0.05, 0.1) is 0 Å². The topological polar surface area (TPSA) is 51.0 Å². The number of nitrogens with zero attached hydrogens (tertiary/aromatic N) is 1. The Hall–Kier alpha value is -2.23. The highest BCUT2D eigenvalue weighted by molar-refractivity contribution is 5.83. The molecule has 0 radical (unpaired) electrons. The van der Waals surface area contributed by atoms with Crippen LogP contribution in [0.3, 0.4) is 0 Å². The van der Waals surface area contributed by atoms with Crippen LogP contribution in [0.15, 0.2) is 35.1 Å². The first-order chi connectivity index (χ1) is 9.63. The van der Waals surface area contributed by atoms with Gasteiger partial charge in [-0.25, -0.2) is 0 Å². The van der Waals surface area contributed by atoms with Crippen LogP contribution in [-0.4, -0.2) is 10.1 Å². The number of aromatic amines is 1. The summed E-state index contributed by atoms with van der Waals surface area (Å²) in [6.45, 7) is 6.83. The van der Waals surface area contributed by atoms with Gasteiger partial charge >= 0.3 is 0 Å². The van der Waals surface area contributed by atoms with Crippen molar-refractivity contribution in [3.63, 3.8) is 0 Å². The number of hydrogen-bond acceptors (Lipinski definition) is 3. The Morgan fingerprint density at radius 2 is 2.15 bits per heavy atom. The van der Waals surface area contributed by atoms with Crippen LogP contribution in [0.5, 0.6) is 5.75 Å². The third-order valence-electron chi connectivity index (χ3n) is 3.43. The maximum atomic E-state index is 5.82. The van der Waals surface area contributed by atoms with Crippen molar-refractivity contribution < 1.29 is 9.26 Å². The summed E-state index contributed by atoms with van der Waals surface area (Å²) in [4.78, 5) is 3.44. The average Bonchev–Trinajstić information content (AvgIpc) is 3.04. The Balaban J connectivity index is 1.88. The summed E-state index contributed by atoms with van der Waals surface area (Å²) in [5, 5.41) is 5.07. The van der Waals surface area contributed by atoms with Crippen LogP contribution in [0.2, 0.25) is 0 Å². The lowest BCUT2D eigenvalue weighted by Crippen LogP contribution is -1.97. The highest BCUT2D eigenvalue weighted by atomic mass is 16.5. The minimum absolute atomic E-state index is 0.417. The van der Waals surface area contributed by atoms with Crippen molar-refractivity contribution in [2.24, 2.45) is 0 Å². The molecule has 2 aromatic heterocycles. The zero-order valence-corrected chi connectivity index (χ0v) is 11.9. The second-order valence-electron chi connectivity index (χ2n) is 5.36. The smallest absolute Gasteiger partial charge is 0.134 e. The van der Waals surface area contributed by atoms with E-state index in [0.717, 1.165) is 22.5 Å². The van der Waals surface area contributed by atoms with Crippen LogP contribution in [0, 0.1) is 6.92 Å². The van der Waals surface area contributed by atoms with Crippen molar-refractivity contribution in [2.75, 3.05) is 0 Å². The molecular formula is C16H18N2O2. The fourth-order valence-corrected chi connectivity index (χ4v) is 2.23. The normalized spacial score (nSPS) is 11.4. The van der Waals surface area contributed by atoms with E-state index in [2.05, 4.69) is 49.1 Å².